The van der Waals surface area contributed by atoms with Crippen molar-refractivity contribution in [2.75, 3.05) is 32.2 Å². The standard InChI is InChI=1S/C38H39Cl2N5O6/c1-44-31-13-14-45(23-19-49-20-23)18-30(31)42-36(44)37(46)43-29-8-4-7-27(35(29)40)24-5-3-6-26-25(24)11-12-32(26)50-34-16-33(48-2)22(15-28(34)39)17-41-51-38(47)21-9-10-21/h3-8,15-16,21,23,32,41H,9-14,17-20H2,1-2H3,(H,43,46). The van der Waals surface area contributed by atoms with Gasteiger partial charge in [-0.05, 0) is 54.5 Å². The number of anilines is 1. The Labute approximate surface area is 306 Å². The molecule has 2 aliphatic heterocycles. The summed E-state index contributed by atoms with van der Waals surface area (Å²) in [4.78, 5) is 37.8. The van der Waals surface area contributed by atoms with Crippen LogP contribution in [0.4, 0.5) is 5.69 Å². The largest absolute Gasteiger partial charge is 0.496 e. The third kappa shape index (κ3) is 6.69. The Kier molecular flexibility index (Phi) is 9.41. The van der Waals surface area contributed by atoms with Crippen LogP contribution in [0, 0.1) is 5.92 Å². The van der Waals surface area contributed by atoms with Gasteiger partial charge < -0.3 is 28.9 Å². The van der Waals surface area contributed by atoms with E-state index in [0.29, 0.717) is 45.6 Å². The number of halogens is 2. The first-order valence-corrected chi connectivity index (χ1v) is 18.1. The van der Waals surface area contributed by atoms with Crippen molar-refractivity contribution in [3.63, 3.8) is 0 Å². The molecule has 0 spiro atoms. The van der Waals surface area contributed by atoms with E-state index in [1.54, 1.807) is 19.2 Å². The molecule has 3 heterocycles. The first-order chi connectivity index (χ1) is 24.8. The zero-order valence-corrected chi connectivity index (χ0v) is 30.0. The number of benzene rings is 3. The van der Waals surface area contributed by atoms with Crippen LogP contribution >= 0.6 is 23.2 Å². The first-order valence-electron chi connectivity index (χ1n) is 17.3. The SMILES string of the molecule is COc1cc(OC2CCc3c(-c4cccc(NC(=O)c5nc6c(n5C)CCN(C5COC5)C6)c4Cl)cccc32)c(Cl)cc1CNOC(=O)C1CC1. The normalized spacial score (nSPS) is 18.5. The zero-order valence-electron chi connectivity index (χ0n) is 28.5. The van der Waals surface area contributed by atoms with Crippen LogP contribution in [0.1, 0.15) is 64.1 Å². The molecular formula is C38H39Cl2N5O6. The Morgan fingerprint density at radius 1 is 1.02 bits per heavy atom. The minimum atomic E-state index is -0.301. The van der Waals surface area contributed by atoms with Crippen LogP contribution in [0.15, 0.2) is 48.5 Å². The molecule has 266 valence electrons. The maximum Gasteiger partial charge on any atom is 0.327 e. The van der Waals surface area contributed by atoms with Crippen LogP contribution in [-0.2, 0) is 47.3 Å². The second-order valence-corrected chi connectivity index (χ2v) is 14.3. The minimum Gasteiger partial charge on any atom is -0.496 e. The van der Waals surface area contributed by atoms with Crippen molar-refractivity contribution in [1.82, 2.24) is 19.9 Å². The maximum atomic E-state index is 13.6. The van der Waals surface area contributed by atoms with Crippen LogP contribution in [0.25, 0.3) is 11.1 Å². The van der Waals surface area contributed by atoms with Gasteiger partial charge in [-0.3, -0.25) is 14.5 Å². The number of nitrogens with zero attached hydrogens (tertiary/aromatic N) is 3. The number of hydroxylamine groups is 1. The van der Waals surface area contributed by atoms with E-state index in [1.807, 2.05) is 41.9 Å². The van der Waals surface area contributed by atoms with Gasteiger partial charge in [0, 0.05) is 49.4 Å². The van der Waals surface area contributed by atoms with Crippen molar-refractivity contribution in [2.24, 2.45) is 13.0 Å². The van der Waals surface area contributed by atoms with Crippen LogP contribution in [0.2, 0.25) is 10.0 Å². The molecule has 1 amide bonds. The third-order valence-electron chi connectivity index (χ3n) is 10.3. The first kappa shape index (κ1) is 34.0. The number of fused-ring (bicyclic) bond motifs is 2. The predicted octanol–water partition coefficient (Wildman–Crippen LogP) is 6.44. The van der Waals surface area contributed by atoms with E-state index in [-0.39, 0.29) is 30.4 Å². The molecule has 11 nitrogen and oxygen atoms in total. The van der Waals surface area contributed by atoms with Crippen molar-refractivity contribution < 1.29 is 28.6 Å². The van der Waals surface area contributed by atoms with Gasteiger partial charge in [-0.15, -0.1) is 5.48 Å². The molecule has 4 aliphatic rings. The van der Waals surface area contributed by atoms with Crippen molar-refractivity contribution in [3.05, 3.63) is 92.5 Å². The van der Waals surface area contributed by atoms with Gasteiger partial charge in [-0.2, -0.15) is 0 Å². The van der Waals surface area contributed by atoms with Gasteiger partial charge in [0.15, 0.2) is 5.82 Å². The number of hydrogen-bond donors (Lipinski definition) is 2. The number of ether oxygens (including phenoxy) is 3. The Morgan fingerprint density at radius 3 is 2.59 bits per heavy atom. The Bertz CT molecular complexity index is 2010. The second-order valence-electron chi connectivity index (χ2n) is 13.6. The van der Waals surface area contributed by atoms with E-state index in [1.165, 1.54) is 0 Å². The molecule has 2 fully saturated rings. The number of nitrogens with one attached hydrogen (secondary N) is 2. The average molecular weight is 733 g/mol. The van der Waals surface area contributed by atoms with Gasteiger partial charge in [0.1, 0.15) is 17.6 Å². The molecule has 8 rings (SSSR count). The van der Waals surface area contributed by atoms with E-state index >= 15 is 0 Å². The van der Waals surface area contributed by atoms with Crippen molar-refractivity contribution in [3.8, 4) is 22.6 Å². The van der Waals surface area contributed by atoms with E-state index in [2.05, 4.69) is 21.8 Å². The summed E-state index contributed by atoms with van der Waals surface area (Å²) in [6.45, 7) is 3.39. The minimum absolute atomic E-state index is 0.00281. The molecule has 4 aromatic rings. The second kappa shape index (κ2) is 14.1. The highest BCUT2D eigenvalue weighted by atomic mass is 35.5. The zero-order chi connectivity index (χ0) is 35.2. The lowest BCUT2D eigenvalue weighted by Crippen LogP contribution is -2.50. The maximum absolute atomic E-state index is 13.6. The molecule has 2 aliphatic carbocycles. The molecular weight excluding hydrogens is 693 g/mol. The summed E-state index contributed by atoms with van der Waals surface area (Å²) in [7, 11) is 3.48. The highest BCUT2D eigenvalue weighted by Crippen LogP contribution is 2.45. The molecule has 1 saturated carbocycles. The number of carbonyl (C=O) groups is 2. The summed E-state index contributed by atoms with van der Waals surface area (Å²) < 4.78 is 19.4. The number of amides is 1. The van der Waals surface area contributed by atoms with Gasteiger partial charge in [0.05, 0.1) is 60.3 Å². The van der Waals surface area contributed by atoms with Crippen LogP contribution in [0.5, 0.6) is 11.5 Å². The molecule has 1 aromatic heterocycles. The Balaban J connectivity index is 0.980. The highest BCUT2D eigenvalue weighted by molar-refractivity contribution is 6.36. The number of hydrogen-bond acceptors (Lipinski definition) is 9. The third-order valence-corrected chi connectivity index (χ3v) is 11.0. The van der Waals surface area contributed by atoms with Crippen molar-refractivity contribution in [1.29, 1.82) is 0 Å². The van der Waals surface area contributed by atoms with Gasteiger partial charge >= 0.3 is 5.97 Å². The van der Waals surface area contributed by atoms with Crippen LogP contribution in [0.3, 0.4) is 0 Å². The lowest BCUT2D eigenvalue weighted by Gasteiger charge is -2.39. The molecule has 1 unspecified atom stereocenters. The van der Waals surface area contributed by atoms with Gasteiger partial charge in [-0.1, -0.05) is 53.5 Å². The summed E-state index contributed by atoms with van der Waals surface area (Å²) in [6, 6.07) is 15.7. The quantitative estimate of drug-likeness (QED) is 0.168. The number of aromatic nitrogens is 2. The fraction of sp³-hybridized carbons (Fsp3) is 0.395. The lowest BCUT2D eigenvalue weighted by molar-refractivity contribution is -0.153. The Hall–Kier alpha value is -4.13. The van der Waals surface area contributed by atoms with E-state index in [0.717, 1.165) is 91.1 Å². The number of imidazole rings is 1. The summed E-state index contributed by atoms with van der Waals surface area (Å²) >= 11 is 13.7. The molecule has 51 heavy (non-hydrogen) atoms. The fourth-order valence-corrected chi connectivity index (χ4v) is 7.74. The van der Waals surface area contributed by atoms with Crippen LogP contribution in [-0.4, -0.2) is 59.2 Å². The molecule has 13 heteroatoms. The molecule has 0 radical (unpaired) electrons. The van der Waals surface area contributed by atoms with Gasteiger partial charge in [0.25, 0.3) is 5.91 Å². The lowest BCUT2D eigenvalue weighted by atomic mass is 9.96. The van der Waals surface area contributed by atoms with Crippen LogP contribution < -0.4 is 20.3 Å². The van der Waals surface area contributed by atoms with Gasteiger partial charge in [0.2, 0.25) is 0 Å². The predicted molar refractivity (Wildman–Crippen MR) is 192 cm³/mol. The van der Waals surface area contributed by atoms with E-state index in [9.17, 15) is 9.59 Å². The molecule has 1 atom stereocenters. The van der Waals surface area contributed by atoms with Crippen molar-refractivity contribution >= 4 is 40.8 Å². The average Bonchev–Trinajstić information content (AvgIpc) is 3.80. The topological polar surface area (TPSA) is 116 Å². The smallest absolute Gasteiger partial charge is 0.327 e. The van der Waals surface area contributed by atoms with E-state index in [4.69, 9.17) is 47.2 Å². The molecule has 0 bridgehead atoms. The number of methoxy groups -OCH3 is 1. The molecule has 1 saturated heterocycles. The highest BCUT2D eigenvalue weighted by Gasteiger charge is 2.34. The fourth-order valence-electron chi connectivity index (χ4n) is 7.24. The summed E-state index contributed by atoms with van der Waals surface area (Å²) in [5, 5.41) is 3.92. The number of carbonyl (C=O) groups excluding carboxylic acids is 2. The number of rotatable bonds is 11. The molecule has 3 aromatic carbocycles. The summed E-state index contributed by atoms with van der Waals surface area (Å²) in [5.41, 5.74) is 10.0. The summed E-state index contributed by atoms with van der Waals surface area (Å²) in [6.07, 6.45) is 3.86. The monoisotopic (exact) mass is 731 g/mol. The summed E-state index contributed by atoms with van der Waals surface area (Å²) in [5.74, 6) is 0.885. The van der Waals surface area contributed by atoms with Gasteiger partial charge in [-0.25, -0.2) is 4.98 Å². The van der Waals surface area contributed by atoms with Crippen molar-refractivity contribution in [2.45, 2.75) is 57.3 Å². The van der Waals surface area contributed by atoms with E-state index < -0.39 is 0 Å². The molecule has 2 N–H and O–H groups in total. The Morgan fingerprint density at radius 2 is 1.82 bits per heavy atom.